The highest BCUT2D eigenvalue weighted by Gasteiger charge is 2.07. The van der Waals surface area contributed by atoms with Gasteiger partial charge in [-0.25, -0.2) is 0 Å². The van der Waals surface area contributed by atoms with E-state index in [4.69, 9.17) is 5.11 Å². The van der Waals surface area contributed by atoms with E-state index >= 15 is 0 Å². The van der Waals surface area contributed by atoms with Gasteiger partial charge in [0.15, 0.2) is 0 Å². The van der Waals surface area contributed by atoms with Crippen molar-refractivity contribution in [2.75, 3.05) is 10.6 Å². The van der Waals surface area contributed by atoms with Crippen LogP contribution in [-0.4, -0.2) is 22.9 Å². The summed E-state index contributed by atoms with van der Waals surface area (Å²) in [6, 6.07) is 16.5. The van der Waals surface area contributed by atoms with Crippen molar-refractivity contribution in [2.45, 2.75) is 25.7 Å². The van der Waals surface area contributed by atoms with Crippen molar-refractivity contribution in [1.82, 2.24) is 0 Å². The number of hydrogen-bond donors (Lipinski definition) is 3. The average molecular weight is 340 g/mol. The number of anilines is 2. The maximum atomic E-state index is 12.0. The molecule has 0 bridgehead atoms. The number of carbonyl (C=O) groups is 3. The van der Waals surface area contributed by atoms with Crippen LogP contribution in [0.15, 0.2) is 54.6 Å². The molecule has 0 saturated heterocycles. The van der Waals surface area contributed by atoms with Crippen LogP contribution in [-0.2, 0) is 20.8 Å². The van der Waals surface area contributed by atoms with Crippen LogP contribution in [0.25, 0.3) is 0 Å². The first-order valence-electron chi connectivity index (χ1n) is 7.98. The molecule has 2 rings (SSSR count). The second-order valence-electron chi connectivity index (χ2n) is 5.56. The molecule has 0 aliphatic carbocycles. The molecular formula is C19H20N2O4. The molecule has 25 heavy (non-hydrogen) atoms. The van der Waals surface area contributed by atoms with Crippen LogP contribution < -0.4 is 10.6 Å². The molecule has 2 aromatic carbocycles. The van der Waals surface area contributed by atoms with Crippen LogP contribution >= 0.6 is 0 Å². The molecule has 0 spiro atoms. The molecule has 130 valence electrons. The standard InChI is InChI=1S/C19H20N2O4/c22-17(10-9-14-5-2-1-3-6-14)20-15-7-4-8-16(13-15)21-18(23)11-12-19(24)25/h1-8,13H,9-12H2,(H,20,22)(H,21,23)(H,24,25). The van der Waals surface area contributed by atoms with Crippen LogP contribution in [0.3, 0.4) is 0 Å². The number of carbonyl (C=O) groups excluding carboxylic acids is 2. The predicted molar refractivity (Wildman–Crippen MR) is 95.3 cm³/mol. The zero-order chi connectivity index (χ0) is 18.1. The number of rotatable bonds is 8. The number of hydrogen-bond acceptors (Lipinski definition) is 3. The van der Waals surface area contributed by atoms with Gasteiger partial charge in [0.2, 0.25) is 11.8 Å². The molecular weight excluding hydrogens is 320 g/mol. The molecule has 0 saturated carbocycles. The van der Waals surface area contributed by atoms with Crippen molar-refractivity contribution >= 4 is 29.2 Å². The Bertz CT molecular complexity index is 744. The van der Waals surface area contributed by atoms with E-state index in [1.54, 1.807) is 24.3 Å². The normalized spacial score (nSPS) is 10.1. The third-order valence-electron chi connectivity index (χ3n) is 3.48. The van der Waals surface area contributed by atoms with Crippen molar-refractivity contribution < 1.29 is 19.5 Å². The number of amides is 2. The minimum absolute atomic E-state index is 0.0943. The van der Waals surface area contributed by atoms with E-state index < -0.39 is 5.97 Å². The minimum atomic E-state index is -1.02. The lowest BCUT2D eigenvalue weighted by Gasteiger charge is -2.09. The molecule has 0 aliphatic heterocycles. The van der Waals surface area contributed by atoms with E-state index in [-0.39, 0.29) is 24.7 Å². The summed E-state index contributed by atoms with van der Waals surface area (Å²) < 4.78 is 0. The van der Waals surface area contributed by atoms with E-state index in [2.05, 4.69) is 10.6 Å². The van der Waals surface area contributed by atoms with Crippen molar-refractivity contribution in [3.63, 3.8) is 0 Å². The molecule has 0 aliphatic rings. The second kappa shape index (κ2) is 9.22. The van der Waals surface area contributed by atoms with E-state index in [9.17, 15) is 14.4 Å². The summed E-state index contributed by atoms with van der Waals surface area (Å²) >= 11 is 0. The smallest absolute Gasteiger partial charge is 0.303 e. The van der Waals surface area contributed by atoms with Crippen molar-refractivity contribution in [3.05, 3.63) is 60.2 Å². The zero-order valence-corrected chi connectivity index (χ0v) is 13.7. The molecule has 3 N–H and O–H groups in total. The fourth-order valence-electron chi connectivity index (χ4n) is 2.24. The van der Waals surface area contributed by atoms with Gasteiger partial charge in [0.05, 0.1) is 6.42 Å². The lowest BCUT2D eigenvalue weighted by Crippen LogP contribution is -2.14. The minimum Gasteiger partial charge on any atom is -0.481 e. The Morgan fingerprint density at radius 3 is 1.96 bits per heavy atom. The Labute approximate surface area is 145 Å². The number of benzene rings is 2. The van der Waals surface area contributed by atoms with Crippen LogP contribution in [0.1, 0.15) is 24.8 Å². The number of nitrogens with one attached hydrogen (secondary N) is 2. The van der Waals surface area contributed by atoms with Gasteiger partial charge in [-0.3, -0.25) is 14.4 Å². The predicted octanol–water partition coefficient (Wildman–Crippen LogP) is 3.06. The summed E-state index contributed by atoms with van der Waals surface area (Å²) in [5.74, 6) is -1.51. The molecule has 2 amide bonds. The van der Waals surface area contributed by atoms with Gasteiger partial charge in [-0.2, -0.15) is 0 Å². The highest BCUT2D eigenvalue weighted by Crippen LogP contribution is 2.16. The zero-order valence-electron chi connectivity index (χ0n) is 13.7. The summed E-state index contributed by atoms with van der Waals surface area (Å²) in [6.45, 7) is 0. The molecule has 6 nitrogen and oxygen atoms in total. The summed E-state index contributed by atoms with van der Waals surface area (Å²) in [6.07, 6.45) is 0.697. The molecule has 0 fully saturated rings. The van der Waals surface area contributed by atoms with Crippen LogP contribution in [0.5, 0.6) is 0 Å². The third-order valence-corrected chi connectivity index (χ3v) is 3.48. The summed E-state index contributed by atoms with van der Waals surface area (Å²) in [5.41, 5.74) is 2.18. The van der Waals surface area contributed by atoms with Gasteiger partial charge in [-0.05, 0) is 30.2 Å². The summed E-state index contributed by atoms with van der Waals surface area (Å²) in [5, 5.41) is 14.0. The van der Waals surface area contributed by atoms with Crippen molar-refractivity contribution in [2.24, 2.45) is 0 Å². The first kappa shape index (κ1) is 18.2. The highest BCUT2D eigenvalue weighted by atomic mass is 16.4. The van der Waals surface area contributed by atoms with Gasteiger partial charge < -0.3 is 15.7 Å². The second-order valence-corrected chi connectivity index (χ2v) is 5.56. The van der Waals surface area contributed by atoms with Gasteiger partial charge in [-0.1, -0.05) is 36.4 Å². The lowest BCUT2D eigenvalue weighted by atomic mass is 10.1. The van der Waals surface area contributed by atoms with Crippen molar-refractivity contribution in [1.29, 1.82) is 0 Å². The van der Waals surface area contributed by atoms with Crippen LogP contribution in [0.4, 0.5) is 11.4 Å². The quantitative estimate of drug-likeness (QED) is 0.688. The van der Waals surface area contributed by atoms with Gasteiger partial charge in [0.25, 0.3) is 0 Å². The van der Waals surface area contributed by atoms with E-state index in [1.165, 1.54) is 0 Å². The molecule has 2 aromatic rings. The molecule has 0 radical (unpaired) electrons. The van der Waals surface area contributed by atoms with Crippen molar-refractivity contribution in [3.8, 4) is 0 Å². The van der Waals surface area contributed by atoms with E-state index in [0.29, 0.717) is 24.2 Å². The van der Waals surface area contributed by atoms with E-state index in [1.807, 2.05) is 30.3 Å². The lowest BCUT2D eigenvalue weighted by molar-refractivity contribution is -0.138. The first-order valence-corrected chi connectivity index (χ1v) is 7.98. The SMILES string of the molecule is O=C(O)CCC(=O)Nc1cccc(NC(=O)CCc2ccccc2)c1. The molecule has 0 atom stereocenters. The third kappa shape index (κ3) is 6.87. The fourth-order valence-corrected chi connectivity index (χ4v) is 2.24. The molecule has 0 aromatic heterocycles. The summed E-state index contributed by atoms with van der Waals surface area (Å²) in [7, 11) is 0. The van der Waals surface area contributed by atoms with E-state index in [0.717, 1.165) is 5.56 Å². The average Bonchev–Trinajstić information content (AvgIpc) is 2.59. The Morgan fingerprint density at radius 2 is 1.36 bits per heavy atom. The maximum Gasteiger partial charge on any atom is 0.303 e. The molecule has 0 unspecified atom stereocenters. The first-order chi connectivity index (χ1) is 12.0. The van der Waals surface area contributed by atoms with Crippen LogP contribution in [0, 0.1) is 0 Å². The Kier molecular flexibility index (Phi) is 6.71. The van der Waals surface area contributed by atoms with Crippen LogP contribution in [0.2, 0.25) is 0 Å². The number of carboxylic acids is 1. The monoisotopic (exact) mass is 340 g/mol. The van der Waals surface area contributed by atoms with Gasteiger partial charge in [-0.15, -0.1) is 0 Å². The number of aliphatic carboxylic acids is 1. The maximum absolute atomic E-state index is 12.0. The Balaban J connectivity index is 1.84. The van der Waals surface area contributed by atoms with Gasteiger partial charge in [0, 0.05) is 24.2 Å². The number of carboxylic acid groups (broad SMARTS) is 1. The Morgan fingerprint density at radius 1 is 0.760 bits per heavy atom. The van der Waals surface area contributed by atoms with Gasteiger partial charge in [0.1, 0.15) is 0 Å². The summed E-state index contributed by atoms with van der Waals surface area (Å²) in [4.78, 5) is 34.1. The Hall–Kier alpha value is -3.15. The molecule has 6 heteroatoms. The number of aryl methyl sites for hydroxylation is 1. The fraction of sp³-hybridized carbons (Fsp3) is 0.211. The topological polar surface area (TPSA) is 95.5 Å². The highest BCUT2D eigenvalue weighted by molar-refractivity contribution is 5.94. The van der Waals surface area contributed by atoms with Gasteiger partial charge >= 0.3 is 5.97 Å². The largest absolute Gasteiger partial charge is 0.481 e. The molecule has 0 heterocycles.